The predicted molar refractivity (Wildman–Crippen MR) is 253 cm³/mol. The van der Waals surface area contributed by atoms with E-state index in [9.17, 15) is 42.3 Å². The van der Waals surface area contributed by atoms with Gasteiger partial charge >= 0.3 is 40.3 Å². The SMILES string of the molecule is C.C=CC(=O)NC(C)C.CC(C)NC(=O)C(Br)CC(C)(C)C(=O)OCCOCCNC(=O)C(F)C(F)C(=O)NCCOCCOC(=O)C(C)(C)CC(Br)C(=O)NC(C)C.[B]P.[Cu][Br].[Y]. The van der Waals surface area contributed by atoms with Crippen molar-refractivity contribution in [3.8, 4) is 0 Å². The molecule has 5 N–H and O–H groups in total. The number of ether oxygens (including phenoxy) is 4. The second-order valence-corrected chi connectivity index (χ2v) is 17.4. The molecule has 0 aliphatic rings. The number of amides is 5. The van der Waals surface area contributed by atoms with Crippen LogP contribution in [0.5, 0.6) is 0 Å². The van der Waals surface area contributed by atoms with Crippen molar-refractivity contribution >= 4 is 104 Å². The predicted octanol–water partition coefficient (Wildman–Crippen LogP) is 4.54. The van der Waals surface area contributed by atoms with Gasteiger partial charge in [-0.25, -0.2) is 8.78 Å². The van der Waals surface area contributed by atoms with E-state index in [0.29, 0.717) is 0 Å². The number of carbonyl (C=O) groups is 7. The van der Waals surface area contributed by atoms with Gasteiger partial charge < -0.3 is 45.5 Å². The van der Waals surface area contributed by atoms with Crippen LogP contribution in [0.4, 0.5) is 8.78 Å². The molecular formula is C39H71BBr3CuF2N5O11PY. The van der Waals surface area contributed by atoms with E-state index in [4.69, 9.17) is 18.9 Å². The monoisotopic (exact) mass is 1250 g/mol. The Morgan fingerprint density at radius 2 is 0.922 bits per heavy atom. The Labute approximate surface area is 441 Å². The molecule has 0 aromatic heterocycles. The largest absolute Gasteiger partial charge is 0 e. The van der Waals surface area contributed by atoms with Gasteiger partial charge in [-0.15, -0.1) is 0 Å². The minimum Gasteiger partial charge on any atom is 0 e. The van der Waals surface area contributed by atoms with Crippen LogP contribution in [0.3, 0.4) is 0 Å². The number of hydrogen-bond acceptors (Lipinski definition) is 11. The van der Waals surface area contributed by atoms with Gasteiger partial charge in [-0.05, 0) is 88.2 Å². The second kappa shape index (κ2) is 43.6. The minimum absolute atomic E-state index is 0. The van der Waals surface area contributed by atoms with E-state index in [1.54, 1.807) is 27.7 Å². The van der Waals surface area contributed by atoms with Crippen LogP contribution in [-0.2, 0) is 99.4 Å². The van der Waals surface area contributed by atoms with Gasteiger partial charge in [0.05, 0.1) is 54.5 Å². The number of hydrogen-bond donors (Lipinski definition) is 5. The van der Waals surface area contributed by atoms with Crippen molar-refractivity contribution in [1.82, 2.24) is 26.6 Å². The molecule has 0 aromatic rings. The Morgan fingerprint density at radius 1 is 0.625 bits per heavy atom. The fraction of sp³-hybridized carbons (Fsp3) is 0.769. The smallest absolute Gasteiger partial charge is 0 e. The van der Waals surface area contributed by atoms with E-state index in [2.05, 4.69) is 101 Å². The van der Waals surface area contributed by atoms with Crippen molar-refractivity contribution in [2.45, 2.75) is 130 Å². The Hall–Kier alpha value is -0.632. The van der Waals surface area contributed by atoms with Crippen molar-refractivity contribution in [3.63, 3.8) is 0 Å². The molecule has 25 heteroatoms. The van der Waals surface area contributed by atoms with Crippen LogP contribution in [0.15, 0.2) is 12.7 Å². The molecular weight excluding hydrogens is 1190 g/mol. The maximum absolute atomic E-state index is 14.2. The topological polar surface area (TPSA) is 217 Å². The van der Waals surface area contributed by atoms with Gasteiger partial charge in [-0.3, -0.25) is 33.6 Å². The number of nitrogens with one attached hydrogen (secondary N) is 5. The van der Waals surface area contributed by atoms with E-state index in [0.717, 1.165) is 0 Å². The summed E-state index contributed by atoms with van der Waals surface area (Å²) < 4.78 is 49.3. The van der Waals surface area contributed by atoms with Crippen LogP contribution in [-0.4, -0.2) is 142 Å². The number of halogens is 5. The van der Waals surface area contributed by atoms with E-state index in [-0.39, 0.29) is 142 Å². The summed E-state index contributed by atoms with van der Waals surface area (Å²) in [5.74, 6) is -4.35. The Kier molecular flexibility index (Phi) is 51.1. The van der Waals surface area contributed by atoms with Gasteiger partial charge in [0.2, 0.25) is 30.1 Å². The zero-order valence-electron chi connectivity index (χ0n) is 37.8. The third kappa shape index (κ3) is 39.4. The molecule has 5 atom stereocenters. The zero-order chi connectivity index (χ0) is 49.2. The summed E-state index contributed by atoms with van der Waals surface area (Å²) in [5, 5.41) is 12.4. The summed E-state index contributed by atoms with van der Waals surface area (Å²) in [5.41, 5.74) is -1.92. The summed E-state index contributed by atoms with van der Waals surface area (Å²) in [7, 11) is 6.33. The molecule has 3 radical (unpaired) electrons. The maximum Gasteiger partial charge on any atom is 0 e. The molecule has 0 rings (SSSR count). The first-order valence-corrected chi connectivity index (χ1v) is 24.2. The average molecular weight is 1260 g/mol. The van der Waals surface area contributed by atoms with Crippen molar-refractivity contribution in [1.29, 1.82) is 0 Å². The van der Waals surface area contributed by atoms with E-state index >= 15 is 0 Å². The molecule has 0 heterocycles. The van der Waals surface area contributed by atoms with Gasteiger partial charge in [-0.2, -0.15) is 9.12 Å². The normalized spacial score (nSPS) is 12.5. The molecule has 5 amide bonds. The fourth-order valence-electron chi connectivity index (χ4n) is 4.28. The number of esters is 2. The Bertz CT molecular complexity index is 1270. The van der Waals surface area contributed by atoms with Gasteiger partial charge in [0, 0.05) is 63.9 Å². The number of carbonyl (C=O) groups excluding carboxylic acids is 7. The first kappa shape index (κ1) is 74.9. The first-order valence-electron chi connectivity index (χ1n) is 19.4. The van der Waals surface area contributed by atoms with E-state index < -0.39 is 56.6 Å². The van der Waals surface area contributed by atoms with Gasteiger partial charge in [-0.1, -0.05) is 45.9 Å². The molecule has 0 aliphatic heterocycles. The molecule has 0 aliphatic carbocycles. The Balaban J connectivity index is -0.000000530. The molecule has 0 fully saturated rings. The Morgan fingerprint density at radius 3 is 1.17 bits per heavy atom. The standard InChI is InChI=1S/C32H54Br2F2N4O10.C6H11NO.CH4.BH2P.BrH.Cu.Y/c1-19(2)39-25(41)21(33)17-31(5,6)29(45)49-15-13-47-11-9-37-27(43)23(35)24(36)28(44)38-10-12-48-14-16-50-30(46)32(7,8)18-22(34)26(42)40-20(3)4;1-4-6(8)7-5(2)3;;1-2;;;/h19-24H,9-18H2,1-8H3,(H,37,43)(H,38,44)(H,39,41)(H,40,42);4-5H,1H2,2-3H3,(H,7,8);1H4;2H2;1H;;/q;;;;;+1;/p-1. The van der Waals surface area contributed by atoms with E-state index in [1.165, 1.54) is 6.08 Å². The summed E-state index contributed by atoms with van der Waals surface area (Å²) in [6.45, 7) is 20.1. The molecule has 0 aromatic carbocycles. The molecule has 0 bridgehead atoms. The van der Waals surface area contributed by atoms with Crippen molar-refractivity contribution < 1.29 is 108 Å². The van der Waals surface area contributed by atoms with E-state index in [1.807, 2.05) is 50.7 Å². The second-order valence-electron chi connectivity index (χ2n) is 15.2. The van der Waals surface area contributed by atoms with Crippen molar-refractivity contribution in [2.75, 3.05) is 52.7 Å². The third-order valence-electron chi connectivity index (χ3n) is 7.30. The molecule has 0 spiro atoms. The third-order valence-corrected chi connectivity index (χ3v) is 8.78. The summed E-state index contributed by atoms with van der Waals surface area (Å²) in [6.07, 6.45) is -3.87. The van der Waals surface area contributed by atoms with Gasteiger partial charge in [0.25, 0.3) is 11.8 Å². The fourth-order valence-corrected chi connectivity index (χ4v) is 6.16. The quantitative estimate of drug-likeness (QED) is 0.0192. The molecule has 5 unspecified atom stereocenters. The van der Waals surface area contributed by atoms with Crippen LogP contribution in [0, 0.1) is 10.8 Å². The van der Waals surface area contributed by atoms with Crippen LogP contribution >= 0.6 is 55.1 Å². The molecule has 16 nitrogen and oxygen atoms in total. The van der Waals surface area contributed by atoms with Gasteiger partial charge in [0.15, 0.2) is 0 Å². The van der Waals surface area contributed by atoms with Gasteiger partial charge in [0.1, 0.15) is 13.2 Å². The summed E-state index contributed by atoms with van der Waals surface area (Å²) in [6, 6.07) is 0.115. The maximum atomic E-state index is 14.2. The van der Waals surface area contributed by atoms with Crippen LogP contribution in [0.25, 0.3) is 0 Å². The number of rotatable bonds is 27. The molecule has 0 saturated carbocycles. The van der Waals surface area contributed by atoms with Crippen molar-refractivity contribution in [3.05, 3.63) is 12.7 Å². The molecule has 0 saturated heterocycles. The van der Waals surface area contributed by atoms with Crippen LogP contribution in [0.1, 0.15) is 89.5 Å². The number of alkyl halides is 4. The van der Waals surface area contributed by atoms with Crippen LogP contribution in [0.2, 0.25) is 0 Å². The van der Waals surface area contributed by atoms with Crippen LogP contribution < -0.4 is 26.6 Å². The zero-order valence-corrected chi connectivity index (χ0v) is 47.5. The minimum atomic E-state index is -2.77. The summed E-state index contributed by atoms with van der Waals surface area (Å²) >= 11 is 13.1. The molecule has 64 heavy (non-hydrogen) atoms. The summed E-state index contributed by atoms with van der Waals surface area (Å²) in [4.78, 5) is 82.1. The average Bonchev–Trinajstić information content (AvgIpc) is 3.19. The van der Waals surface area contributed by atoms with Crippen molar-refractivity contribution in [2.24, 2.45) is 10.8 Å². The molecule has 375 valence electrons. The first-order chi connectivity index (χ1) is 28.8.